The molecular formula is C22H31N5OS. The Kier molecular flexibility index (Phi) is 10.1. The maximum absolute atomic E-state index is 12.3. The monoisotopic (exact) mass is 413 g/mol. The number of thioether (sulfide) groups is 1. The van der Waals surface area contributed by atoms with Gasteiger partial charge in [-0.05, 0) is 43.9 Å². The van der Waals surface area contributed by atoms with Gasteiger partial charge in [0.1, 0.15) is 0 Å². The fourth-order valence-electron chi connectivity index (χ4n) is 2.58. The van der Waals surface area contributed by atoms with Crippen molar-refractivity contribution >= 4 is 23.6 Å². The van der Waals surface area contributed by atoms with E-state index in [-0.39, 0.29) is 5.91 Å². The zero-order valence-corrected chi connectivity index (χ0v) is 18.3. The lowest BCUT2D eigenvalue weighted by Crippen LogP contribution is -2.38. The van der Waals surface area contributed by atoms with E-state index < -0.39 is 0 Å². The van der Waals surface area contributed by atoms with Crippen LogP contribution in [0.3, 0.4) is 0 Å². The van der Waals surface area contributed by atoms with Gasteiger partial charge in [0.25, 0.3) is 5.91 Å². The van der Waals surface area contributed by atoms with Crippen molar-refractivity contribution in [3.63, 3.8) is 0 Å². The normalized spacial score (nSPS) is 11.4. The number of benzene rings is 2. The van der Waals surface area contributed by atoms with Crippen molar-refractivity contribution in [2.75, 3.05) is 46.5 Å². The maximum Gasteiger partial charge on any atom is 0.251 e. The number of hydrogen-bond donors (Lipinski definition) is 3. The van der Waals surface area contributed by atoms with Crippen molar-refractivity contribution < 1.29 is 4.79 Å². The summed E-state index contributed by atoms with van der Waals surface area (Å²) in [5, 5.41) is 9.56. The van der Waals surface area contributed by atoms with Gasteiger partial charge in [0.15, 0.2) is 5.96 Å². The van der Waals surface area contributed by atoms with Crippen LogP contribution in [0.1, 0.15) is 15.9 Å². The Morgan fingerprint density at radius 3 is 2.52 bits per heavy atom. The van der Waals surface area contributed by atoms with Gasteiger partial charge in [0.05, 0.1) is 0 Å². The molecule has 0 bridgehead atoms. The van der Waals surface area contributed by atoms with Crippen LogP contribution in [0.25, 0.3) is 0 Å². The molecule has 3 N–H and O–H groups in total. The largest absolute Gasteiger partial charge is 0.356 e. The van der Waals surface area contributed by atoms with Gasteiger partial charge in [0, 0.05) is 49.4 Å². The van der Waals surface area contributed by atoms with E-state index in [2.05, 4.69) is 33.1 Å². The second kappa shape index (κ2) is 12.9. The molecule has 0 heterocycles. The van der Waals surface area contributed by atoms with Crippen LogP contribution in [0.2, 0.25) is 0 Å². The van der Waals surface area contributed by atoms with E-state index in [1.807, 2.05) is 73.2 Å². The maximum atomic E-state index is 12.3. The number of guanidine groups is 1. The van der Waals surface area contributed by atoms with E-state index in [4.69, 9.17) is 0 Å². The van der Waals surface area contributed by atoms with E-state index in [0.717, 1.165) is 30.4 Å². The third kappa shape index (κ3) is 9.02. The molecule has 0 fully saturated rings. The zero-order valence-electron chi connectivity index (χ0n) is 17.4. The lowest BCUT2D eigenvalue weighted by molar-refractivity contribution is 0.0951. The van der Waals surface area contributed by atoms with Gasteiger partial charge in [-0.2, -0.15) is 0 Å². The minimum atomic E-state index is -0.0471. The van der Waals surface area contributed by atoms with Gasteiger partial charge in [-0.25, -0.2) is 0 Å². The second-order valence-electron chi connectivity index (χ2n) is 6.77. The molecule has 0 aromatic heterocycles. The highest BCUT2D eigenvalue weighted by molar-refractivity contribution is 7.99. The minimum absolute atomic E-state index is 0.0471. The molecule has 0 aliphatic carbocycles. The van der Waals surface area contributed by atoms with Crippen molar-refractivity contribution in [1.82, 2.24) is 20.9 Å². The van der Waals surface area contributed by atoms with Crippen LogP contribution in [0.15, 0.2) is 64.5 Å². The average molecular weight is 414 g/mol. The first-order valence-electron chi connectivity index (χ1n) is 9.72. The lowest BCUT2D eigenvalue weighted by atomic mass is 10.1. The zero-order chi connectivity index (χ0) is 20.9. The number of carbonyl (C=O) groups is 1. The highest BCUT2D eigenvalue weighted by atomic mass is 32.2. The smallest absolute Gasteiger partial charge is 0.251 e. The topological polar surface area (TPSA) is 68.8 Å². The summed E-state index contributed by atoms with van der Waals surface area (Å²) in [5.41, 5.74) is 1.71. The predicted molar refractivity (Wildman–Crippen MR) is 123 cm³/mol. The molecule has 2 aromatic carbocycles. The number of nitrogens with one attached hydrogen (secondary N) is 3. The Bertz CT molecular complexity index is 780. The van der Waals surface area contributed by atoms with Gasteiger partial charge in [-0.3, -0.25) is 9.79 Å². The summed E-state index contributed by atoms with van der Waals surface area (Å²) in [6, 6.07) is 18.0. The van der Waals surface area contributed by atoms with E-state index in [9.17, 15) is 4.79 Å². The summed E-state index contributed by atoms with van der Waals surface area (Å²) in [5.74, 6) is 1.65. The molecule has 2 rings (SSSR count). The van der Waals surface area contributed by atoms with Crippen LogP contribution < -0.4 is 16.0 Å². The van der Waals surface area contributed by atoms with Crippen LogP contribution in [0.5, 0.6) is 0 Å². The van der Waals surface area contributed by atoms with Gasteiger partial charge in [-0.15, -0.1) is 11.8 Å². The Balaban J connectivity index is 1.75. The van der Waals surface area contributed by atoms with Crippen molar-refractivity contribution in [3.8, 4) is 0 Å². The molecule has 2 aromatic rings. The summed E-state index contributed by atoms with van der Waals surface area (Å²) in [7, 11) is 5.73. The summed E-state index contributed by atoms with van der Waals surface area (Å²) in [6.07, 6.45) is 0. The molecule has 156 valence electrons. The second-order valence-corrected chi connectivity index (χ2v) is 7.94. The van der Waals surface area contributed by atoms with Gasteiger partial charge in [-0.1, -0.05) is 30.3 Å². The SMILES string of the molecule is CN=C(NCCSc1ccccc1)NCc1cccc(C(=O)NCCN(C)C)c1. The number of carbonyl (C=O) groups excluding carboxylic acids is 1. The van der Waals surface area contributed by atoms with E-state index in [1.165, 1.54) is 4.90 Å². The van der Waals surface area contributed by atoms with E-state index in [1.54, 1.807) is 7.05 Å². The van der Waals surface area contributed by atoms with Gasteiger partial charge in [0.2, 0.25) is 0 Å². The fourth-order valence-corrected chi connectivity index (χ4v) is 3.37. The molecule has 0 aliphatic heterocycles. The summed E-state index contributed by atoms with van der Waals surface area (Å²) in [6.45, 7) is 2.86. The Labute approximate surface area is 178 Å². The Morgan fingerprint density at radius 2 is 1.79 bits per heavy atom. The number of amides is 1. The number of likely N-dealkylation sites (N-methyl/N-ethyl adjacent to an activating group) is 1. The van der Waals surface area contributed by atoms with Crippen LogP contribution in [0, 0.1) is 0 Å². The molecule has 0 saturated carbocycles. The fraction of sp³-hybridized carbons (Fsp3) is 0.364. The molecular weight excluding hydrogens is 382 g/mol. The van der Waals surface area contributed by atoms with Crippen molar-refractivity contribution in [2.45, 2.75) is 11.4 Å². The lowest BCUT2D eigenvalue weighted by Gasteiger charge is -2.13. The van der Waals surface area contributed by atoms with Gasteiger partial charge >= 0.3 is 0 Å². The van der Waals surface area contributed by atoms with E-state index in [0.29, 0.717) is 18.7 Å². The molecule has 29 heavy (non-hydrogen) atoms. The number of nitrogens with zero attached hydrogens (tertiary/aromatic N) is 2. The van der Waals surface area contributed by atoms with Gasteiger partial charge < -0.3 is 20.9 Å². The van der Waals surface area contributed by atoms with Crippen molar-refractivity contribution in [2.24, 2.45) is 4.99 Å². The summed E-state index contributed by atoms with van der Waals surface area (Å²) in [4.78, 5) is 19.8. The number of hydrogen-bond acceptors (Lipinski definition) is 4. The van der Waals surface area contributed by atoms with Crippen LogP contribution in [-0.2, 0) is 6.54 Å². The molecule has 0 aliphatic rings. The highest BCUT2D eigenvalue weighted by Crippen LogP contribution is 2.15. The first-order chi connectivity index (χ1) is 14.1. The molecule has 0 spiro atoms. The summed E-state index contributed by atoms with van der Waals surface area (Å²) < 4.78 is 0. The summed E-state index contributed by atoms with van der Waals surface area (Å²) >= 11 is 1.81. The van der Waals surface area contributed by atoms with Crippen LogP contribution in [-0.4, -0.2) is 63.3 Å². The van der Waals surface area contributed by atoms with Crippen LogP contribution in [0.4, 0.5) is 0 Å². The quantitative estimate of drug-likeness (QED) is 0.242. The van der Waals surface area contributed by atoms with Crippen molar-refractivity contribution in [1.29, 1.82) is 0 Å². The first kappa shape index (κ1) is 22.8. The van der Waals surface area contributed by atoms with E-state index >= 15 is 0 Å². The molecule has 7 heteroatoms. The number of aliphatic imine (C=N–C) groups is 1. The molecule has 1 amide bonds. The molecule has 0 saturated heterocycles. The third-order valence-electron chi connectivity index (χ3n) is 4.12. The standard InChI is InChI=1S/C22H31N5OS/c1-23-22(25-13-15-29-20-10-5-4-6-11-20)26-17-18-8-7-9-19(16-18)21(28)24-12-14-27(2)3/h4-11,16H,12-15,17H2,1-3H3,(H,24,28)(H2,23,25,26). The average Bonchev–Trinajstić information content (AvgIpc) is 2.74. The molecule has 0 unspecified atom stereocenters. The molecule has 6 nitrogen and oxygen atoms in total. The Hall–Kier alpha value is -2.51. The third-order valence-corrected chi connectivity index (χ3v) is 5.14. The van der Waals surface area contributed by atoms with Crippen LogP contribution >= 0.6 is 11.8 Å². The number of rotatable bonds is 10. The highest BCUT2D eigenvalue weighted by Gasteiger charge is 2.06. The van der Waals surface area contributed by atoms with Crippen molar-refractivity contribution in [3.05, 3.63) is 65.7 Å². The minimum Gasteiger partial charge on any atom is -0.356 e. The molecule has 0 radical (unpaired) electrons. The predicted octanol–water partition coefficient (Wildman–Crippen LogP) is 2.44. The molecule has 0 atom stereocenters. The Morgan fingerprint density at radius 1 is 1.00 bits per heavy atom. The first-order valence-corrected chi connectivity index (χ1v) is 10.7.